The molecule has 1 unspecified atom stereocenters. The number of ether oxygens (including phenoxy) is 2. The third kappa shape index (κ3) is 5.02. The van der Waals surface area contributed by atoms with E-state index < -0.39 is 0 Å². The molecule has 21 heavy (non-hydrogen) atoms. The van der Waals surface area contributed by atoms with Crippen LogP contribution in [-0.4, -0.2) is 48.5 Å². The van der Waals surface area contributed by atoms with Crippen LogP contribution in [0.25, 0.3) is 0 Å². The number of likely N-dealkylation sites (tertiary alicyclic amines) is 1. The van der Waals surface area contributed by atoms with Crippen LogP contribution in [0, 0.1) is 5.92 Å². The van der Waals surface area contributed by atoms with Gasteiger partial charge in [-0.1, -0.05) is 0 Å². The van der Waals surface area contributed by atoms with Crippen LogP contribution in [0.4, 0.5) is 0 Å². The lowest BCUT2D eigenvalue weighted by atomic mass is 10.1. The molecule has 1 saturated carbocycles. The van der Waals surface area contributed by atoms with Crippen molar-refractivity contribution in [3.05, 3.63) is 0 Å². The van der Waals surface area contributed by atoms with Crippen LogP contribution in [0.3, 0.4) is 0 Å². The largest absolute Gasteiger partial charge is 0.466 e. The summed E-state index contributed by atoms with van der Waals surface area (Å²) in [6, 6.07) is 0. The van der Waals surface area contributed by atoms with Crippen molar-refractivity contribution in [3.8, 4) is 0 Å². The highest BCUT2D eigenvalue weighted by Gasteiger charge is 2.36. The molecule has 0 bridgehead atoms. The number of nitrogens with zero attached hydrogens (tertiary/aromatic N) is 1. The molecule has 2 fully saturated rings. The van der Waals surface area contributed by atoms with E-state index in [0.717, 1.165) is 25.8 Å². The second kappa shape index (κ2) is 7.43. The molecule has 6 heteroatoms. The Morgan fingerprint density at radius 2 is 2.10 bits per heavy atom. The first-order valence-corrected chi connectivity index (χ1v) is 7.73. The summed E-state index contributed by atoms with van der Waals surface area (Å²) in [5, 5.41) is 0. The third-order valence-corrected chi connectivity index (χ3v) is 3.86. The van der Waals surface area contributed by atoms with Gasteiger partial charge in [-0.15, -0.1) is 0 Å². The summed E-state index contributed by atoms with van der Waals surface area (Å²) in [7, 11) is 0. The van der Waals surface area contributed by atoms with Crippen LogP contribution in [0.2, 0.25) is 0 Å². The molecule has 0 aromatic carbocycles. The van der Waals surface area contributed by atoms with E-state index in [2.05, 4.69) is 0 Å². The first kappa shape index (κ1) is 15.8. The molecule has 1 atom stereocenters. The van der Waals surface area contributed by atoms with Gasteiger partial charge in [0.1, 0.15) is 6.10 Å². The number of esters is 2. The molecule has 1 saturated heterocycles. The zero-order chi connectivity index (χ0) is 15.2. The van der Waals surface area contributed by atoms with E-state index in [0.29, 0.717) is 19.6 Å². The van der Waals surface area contributed by atoms with E-state index in [1.807, 2.05) is 0 Å². The van der Waals surface area contributed by atoms with E-state index in [1.54, 1.807) is 11.8 Å². The zero-order valence-corrected chi connectivity index (χ0v) is 12.5. The van der Waals surface area contributed by atoms with Gasteiger partial charge >= 0.3 is 11.9 Å². The van der Waals surface area contributed by atoms with E-state index >= 15 is 0 Å². The number of hydrogen-bond donors (Lipinski definition) is 0. The highest BCUT2D eigenvalue weighted by molar-refractivity contribution is 5.79. The SMILES string of the molecule is CCOC(=O)CC(OC(=O)CCN1CCCC1=O)C1CC1. The number of rotatable bonds is 8. The molecule has 1 heterocycles. The highest BCUT2D eigenvalue weighted by Crippen LogP contribution is 2.36. The summed E-state index contributed by atoms with van der Waals surface area (Å²) in [6.45, 7) is 3.22. The van der Waals surface area contributed by atoms with Crippen molar-refractivity contribution in [2.45, 2.75) is 51.6 Å². The Morgan fingerprint density at radius 3 is 2.67 bits per heavy atom. The molecule has 0 N–H and O–H groups in total. The van der Waals surface area contributed by atoms with Crippen LogP contribution in [0.15, 0.2) is 0 Å². The van der Waals surface area contributed by atoms with E-state index in [1.165, 1.54) is 0 Å². The Labute approximate surface area is 124 Å². The number of carbonyl (C=O) groups excluding carboxylic acids is 3. The van der Waals surface area contributed by atoms with Gasteiger partial charge in [-0.25, -0.2) is 0 Å². The van der Waals surface area contributed by atoms with Crippen LogP contribution in [0.5, 0.6) is 0 Å². The molecule has 0 aromatic heterocycles. The third-order valence-electron chi connectivity index (χ3n) is 3.86. The van der Waals surface area contributed by atoms with Crippen LogP contribution in [0.1, 0.15) is 45.4 Å². The van der Waals surface area contributed by atoms with Crippen molar-refractivity contribution in [1.29, 1.82) is 0 Å². The molecule has 6 nitrogen and oxygen atoms in total. The van der Waals surface area contributed by atoms with E-state index in [-0.39, 0.29) is 42.7 Å². The van der Waals surface area contributed by atoms with Crippen molar-refractivity contribution in [1.82, 2.24) is 4.90 Å². The van der Waals surface area contributed by atoms with Crippen molar-refractivity contribution in [3.63, 3.8) is 0 Å². The molecule has 1 aliphatic heterocycles. The predicted octanol–water partition coefficient (Wildman–Crippen LogP) is 1.27. The summed E-state index contributed by atoms with van der Waals surface area (Å²) in [6.07, 6.45) is 3.37. The fourth-order valence-corrected chi connectivity index (χ4v) is 2.55. The minimum Gasteiger partial charge on any atom is -0.466 e. The van der Waals surface area contributed by atoms with Crippen molar-refractivity contribution in [2.75, 3.05) is 19.7 Å². The highest BCUT2D eigenvalue weighted by atomic mass is 16.6. The zero-order valence-electron chi connectivity index (χ0n) is 12.5. The lowest BCUT2D eigenvalue weighted by Gasteiger charge is -2.18. The molecular formula is C15H23NO5. The second-order valence-corrected chi connectivity index (χ2v) is 5.61. The quantitative estimate of drug-likeness (QED) is 0.631. The Balaban J connectivity index is 1.73. The number of carbonyl (C=O) groups is 3. The maximum absolute atomic E-state index is 11.9. The Bertz CT molecular complexity index is 405. The first-order chi connectivity index (χ1) is 10.1. The van der Waals surface area contributed by atoms with Gasteiger partial charge in [-0.05, 0) is 32.1 Å². The summed E-state index contributed by atoms with van der Waals surface area (Å²) in [5.41, 5.74) is 0. The summed E-state index contributed by atoms with van der Waals surface area (Å²) in [5.74, 6) is -0.271. The van der Waals surface area contributed by atoms with Crippen molar-refractivity contribution < 1.29 is 23.9 Å². The fraction of sp³-hybridized carbons (Fsp3) is 0.800. The molecule has 2 aliphatic rings. The Hall–Kier alpha value is -1.59. The molecule has 0 aromatic rings. The fourth-order valence-electron chi connectivity index (χ4n) is 2.55. The van der Waals surface area contributed by atoms with Gasteiger partial charge in [-0.3, -0.25) is 14.4 Å². The maximum Gasteiger partial charge on any atom is 0.309 e. The van der Waals surface area contributed by atoms with Gasteiger partial charge in [0, 0.05) is 19.5 Å². The molecule has 118 valence electrons. The van der Waals surface area contributed by atoms with Crippen LogP contribution < -0.4 is 0 Å². The van der Waals surface area contributed by atoms with Gasteiger partial charge in [-0.2, -0.15) is 0 Å². The Kier molecular flexibility index (Phi) is 5.59. The predicted molar refractivity (Wildman–Crippen MR) is 74.3 cm³/mol. The van der Waals surface area contributed by atoms with Gasteiger partial charge < -0.3 is 14.4 Å². The van der Waals surface area contributed by atoms with Gasteiger partial charge in [0.25, 0.3) is 0 Å². The second-order valence-electron chi connectivity index (χ2n) is 5.61. The number of hydrogen-bond acceptors (Lipinski definition) is 5. The lowest BCUT2D eigenvalue weighted by Crippen LogP contribution is -2.30. The maximum atomic E-state index is 11.9. The molecule has 1 aliphatic carbocycles. The Morgan fingerprint density at radius 1 is 1.33 bits per heavy atom. The first-order valence-electron chi connectivity index (χ1n) is 7.73. The molecule has 0 radical (unpaired) electrons. The van der Waals surface area contributed by atoms with Crippen molar-refractivity contribution in [2.24, 2.45) is 5.92 Å². The summed E-state index contributed by atoms with van der Waals surface area (Å²) in [4.78, 5) is 36.5. The van der Waals surface area contributed by atoms with Crippen molar-refractivity contribution >= 4 is 17.8 Å². The minimum atomic E-state index is -0.370. The molecule has 1 amide bonds. The van der Waals surface area contributed by atoms with Gasteiger partial charge in [0.2, 0.25) is 5.91 Å². The normalized spacial score (nSPS) is 19.5. The average molecular weight is 297 g/mol. The van der Waals surface area contributed by atoms with Crippen LogP contribution in [-0.2, 0) is 23.9 Å². The van der Waals surface area contributed by atoms with E-state index in [9.17, 15) is 14.4 Å². The van der Waals surface area contributed by atoms with Crippen LogP contribution >= 0.6 is 0 Å². The molecule has 2 rings (SSSR count). The standard InChI is InChI=1S/C15H23NO5/c1-2-20-15(19)10-12(11-5-6-11)21-14(18)7-9-16-8-3-4-13(16)17/h11-12H,2-10H2,1H3. The minimum absolute atomic E-state index is 0.105. The lowest BCUT2D eigenvalue weighted by molar-refractivity contribution is -0.156. The number of amides is 1. The smallest absolute Gasteiger partial charge is 0.309 e. The molecule has 0 spiro atoms. The van der Waals surface area contributed by atoms with E-state index in [4.69, 9.17) is 9.47 Å². The topological polar surface area (TPSA) is 72.9 Å². The average Bonchev–Trinajstić information content (AvgIpc) is 3.20. The summed E-state index contributed by atoms with van der Waals surface area (Å²) >= 11 is 0. The monoisotopic (exact) mass is 297 g/mol. The van der Waals surface area contributed by atoms with Gasteiger partial charge in [0.15, 0.2) is 0 Å². The summed E-state index contributed by atoms with van der Waals surface area (Å²) < 4.78 is 10.3. The molecular weight excluding hydrogens is 274 g/mol. The van der Waals surface area contributed by atoms with Gasteiger partial charge in [0.05, 0.1) is 19.4 Å².